The van der Waals surface area contributed by atoms with Gasteiger partial charge >= 0.3 is 0 Å². The van der Waals surface area contributed by atoms with E-state index >= 15 is 0 Å². The van der Waals surface area contributed by atoms with Crippen LogP contribution >= 0.6 is 11.3 Å². The van der Waals surface area contributed by atoms with Crippen molar-refractivity contribution in [2.45, 2.75) is 11.8 Å². The van der Waals surface area contributed by atoms with Gasteiger partial charge in [0.1, 0.15) is 0 Å². The summed E-state index contributed by atoms with van der Waals surface area (Å²) in [4.78, 5) is 17.3. The Hall–Kier alpha value is -3.06. The molecule has 2 aromatic heterocycles. The Morgan fingerprint density at radius 3 is 2.71 bits per heavy atom. The van der Waals surface area contributed by atoms with Gasteiger partial charge in [-0.15, -0.1) is 23.0 Å². The van der Waals surface area contributed by atoms with Crippen molar-refractivity contribution in [3.05, 3.63) is 58.8 Å². The number of nitrogens with zero attached hydrogens (tertiary/aromatic N) is 3. The Morgan fingerprint density at radius 2 is 2.06 bits per heavy atom. The molecule has 3 aromatic rings. The van der Waals surface area contributed by atoms with Crippen molar-refractivity contribution in [2.24, 2.45) is 0 Å². The van der Waals surface area contributed by atoms with E-state index < -0.39 is 10.0 Å². The molecule has 10 nitrogen and oxygen atoms in total. The van der Waals surface area contributed by atoms with Gasteiger partial charge in [0.25, 0.3) is 5.91 Å². The van der Waals surface area contributed by atoms with E-state index in [9.17, 15) is 13.2 Å². The van der Waals surface area contributed by atoms with Gasteiger partial charge in [0.2, 0.25) is 21.9 Å². The number of benzene rings is 1. The lowest BCUT2D eigenvalue weighted by atomic mass is 10.3. The molecule has 164 valence electrons. The van der Waals surface area contributed by atoms with Crippen molar-refractivity contribution in [1.29, 1.82) is 0 Å². The average Bonchev–Trinajstić information content (AvgIpc) is 3.33. The smallest absolute Gasteiger partial charge is 0.291 e. The zero-order chi connectivity index (χ0) is 22.4. The van der Waals surface area contributed by atoms with E-state index in [4.69, 9.17) is 10.5 Å². The van der Waals surface area contributed by atoms with Crippen LogP contribution in [0.5, 0.6) is 0 Å². The molecule has 31 heavy (non-hydrogen) atoms. The number of thiophene rings is 1. The largest absolute Gasteiger partial charge is 0.376 e. The van der Waals surface area contributed by atoms with Crippen molar-refractivity contribution in [3.8, 4) is 0 Å². The minimum atomic E-state index is -3.66. The molecule has 0 aliphatic rings. The lowest BCUT2D eigenvalue weighted by Crippen LogP contribution is -2.27. The van der Waals surface area contributed by atoms with E-state index in [1.54, 1.807) is 18.2 Å². The molecular formula is C19H22N6O4S2. The molecule has 12 heteroatoms. The highest BCUT2D eigenvalue weighted by Crippen LogP contribution is 2.21. The minimum Gasteiger partial charge on any atom is -0.376 e. The first-order valence-corrected chi connectivity index (χ1v) is 11.5. The number of nitrogen functional groups attached to an aromatic ring is 1. The summed E-state index contributed by atoms with van der Waals surface area (Å²) in [5.41, 5.74) is 7.20. The van der Waals surface area contributed by atoms with Crippen molar-refractivity contribution in [3.63, 3.8) is 0 Å². The minimum absolute atomic E-state index is 0.0534. The van der Waals surface area contributed by atoms with Crippen LogP contribution in [-0.4, -0.2) is 48.8 Å². The highest BCUT2D eigenvalue weighted by molar-refractivity contribution is 7.89. The second kappa shape index (κ2) is 9.83. The number of ether oxygens (including phenoxy) is 1. The average molecular weight is 463 g/mol. The summed E-state index contributed by atoms with van der Waals surface area (Å²) in [5, 5.41) is 8.83. The van der Waals surface area contributed by atoms with Gasteiger partial charge in [0.05, 0.1) is 23.0 Å². The Labute approximate surface area is 183 Å². The van der Waals surface area contributed by atoms with E-state index in [0.29, 0.717) is 17.2 Å². The fourth-order valence-electron chi connectivity index (χ4n) is 2.56. The normalized spacial score (nSPS) is 11.4. The van der Waals surface area contributed by atoms with Gasteiger partial charge in [-0.05, 0) is 48.2 Å². The number of carbonyl (C=O) groups is 1. The maximum absolute atomic E-state index is 12.6. The summed E-state index contributed by atoms with van der Waals surface area (Å²) < 4.78 is 33.3. The molecule has 0 atom stereocenters. The first kappa shape index (κ1) is 22.6. The Morgan fingerprint density at radius 1 is 1.32 bits per heavy atom. The molecule has 2 heterocycles. The number of aromatic nitrogens is 3. The summed E-state index contributed by atoms with van der Waals surface area (Å²) in [6.45, 7) is 6.09. The fraction of sp³-hybridized carbons (Fsp3) is 0.211. The number of aryl methyl sites for hydroxylation is 1. The molecule has 0 bridgehead atoms. The molecule has 0 radical (unpaired) electrons. The molecule has 0 amide bonds. The standard InChI is InChI=1S/C19H22N6O4S2/c1-3-10-29-11-9-21-31(27,28)15-6-4-14(5-7-15)22-19-23-18(20)25(24-19)17(26)16-13(2)8-12-30-16/h3-8,12,21H,1,9-11H2,2H3,(H3,20,22,23,24). The number of nitrogens with two attached hydrogens (primary N) is 1. The van der Waals surface area contributed by atoms with Crippen LogP contribution in [0.25, 0.3) is 0 Å². The van der Waals surface area contributed by atoms with Crippen LogP contribution in [-0.2, 0) is 14.8 Å². The SMILES string of the molecule is C=CCOCCNS(=O)(=O)c1ccc(Nc2nc(N)n(C(=O)c3sccc3C)n2)cc1. The third kappa shape index (κ3) is 5.55. The lowest BCUT2D eigenvalue weighted by molar-refractivity contribution is 0.0951. The number of nitrogens with one attached hydrogen (secondary N) is 2. The van der Waals surface area contributed by atoms with Gasteiger partial charge in [0, 0.05) is 12.2 Å². The maximum Gasteiger partial charge on any atom is 0.291 e. The third-order valence-electron chi connectivity index (χ3n) is 4.08. The summed E-state index contributed by atoms with van der Waals surface area (Å²) in [6.07, 6.45) is 1.59. The molecule has 0 aliphatic heterocycles. The highest BCUT2D eigenvalue weighted by Gasteiger charge is 2.19. The Bertz CT molecular complexity index is 1170. The molecule has 0 saturated carbocycles. The van der Waals surface area contributed by atoms with Crippen LogP contribution < -0.4 is 15.8 Å². The first-order valence-electron chi connectivity index (χ1n) is 9.18. The van der Waals surface area contributed by atoms with Crippen LogP contribution in [0.2, 0.25) is 0 Å². The van der Waals surface area contributed by atoms with Crippen LogP contribution in [0.15, 0.2) is 53.3 Å². The third-order valence-corrected chi connectivity index (χ3v) is 6.56. The van der Waals surface area contributed by atoms with E-state index in [0.717, 1.165) is 10.2 Å². The number of sulfonamides is 1. The predicted molar refractivity (Wildman–Crippen MR) is 119 cm³/mol. The highest BCUT2D eigenvalue weighted by atomic mass is 32.2. The van der Waals surface area contributed by atoms with Gasteiger partial charge in [-0.1, -0.05) is 6.08 Å². The number of hydrogen-bond acceptors (Lipinski definition) is 9. The number of rotatable bonds is 10. The molecule has 3 rings (SSSR count). The molecular weight excluding hydrogens is 440 g/mol. The Kier molecular flexibility index (Phi) is 7.17. The summed E-state index contributed by atoms with van der Waals surface area (Å²) in [5.74, 6) is -0.300. The van der Waals surface area contributed by atoms with Crippen LogP contribution in [0.4, 0.5) is 17.6 Å². The number of hydrogen-bond donors (Lipinski definition) is 3. The summed E-state index contributed by atoms with van der Waals surface area (Å²) in [7, 11) is -3.66. The molecule has 4 N–H and O–H groups in total. The van der Waals surface area contributed by atoms with E-state index in [2.05, 4.69) is 26.7 Å². The molecule has 0 fully saturated rings. The quantitative estimate of drug-likeness (QED) is 0.307. The second-order valence-corrected chi connectivity index (χ2v) is 9.04. The summed E-state index contributed by atoms with van der Waals surface area (Å²) >= 11 is 1.30. The van der Waals surface area contributed by atoms with Crippen molar-refractivity contribution >= 4 is 44.9 Å². The molecule has 0 aliphatic carbocycles. The number of anilines is 3. The zero-order valence-electron chi connectivity index (χ0n) is 16.7. The van der Waals surface area contributed by atoms with Crippen LogP contribution in [0.1, 0.15) is 15.2 Å². The van der Waals surface area contributed by atoms with Gasteiger partial charge in [0.15, 0.2) is 0 Å². The topological polar surface area (TPSA) is 141 Å². The Balaban J connectivity index is 1.66. The van der Waals surface area contributed by atoms with Crippen LogP contribution in [0, 0.1) is 6.92 Å². The van der Waals surface area contributed by atoms with Gasteiger partial charge in [-0.2, -0.15) is 9.67 Å². The number of carbonyl (C=O) groups excluding carboxylic acids is 1. The molecule has 0 spiro atoms. The predicted octanol–water partition coefficient (Wildman–Crippen LogP) is 2.14. The monoisotopic (exact) mass is 462 g/mol. The van der Waals surface area contributed by atoms with Gasteiger partial charge in [-0.25, -0.2) is 13.1 Å². The van der Waals surface area contributed by atoms with Crippen LogP contribution in [0.3, 0.4) is 0 Å². The molecule has 0 saturated heterocycles. The first-order chi connectivity index (χ1) is 14.8. The van der Waals surface area contributed by atoms with Gasteiger partial charge < -0.3 is 15.8 Å². The van der Waals surface area contributed by atoms with E-state index in [-0.39, 0.29) is 35.9 Å². The van der Waals surface area contributed by atoms with E-state index in [1.165, 1.54) is 23.5 Å². The second-order valence-electron chi connectivity index (χ2n) is 6.35. The molecule has 0 unspecified atom stereocenters. The summed E-state index contributed by atoms with van der Waals surface area (Å²) in [6, 6.07) is 7.84. The fourth-order valence-corrected chi connectivity index (χ4v) is 4.42. The van der Waals surface area contributed by atoms with Crippen molar-refractivity contribution in [1.82, 2.24) is 19.5 Å². The molecule has 1 aromatic carbocycles. The zero-order valence-corrected chi connectivity index (χ0v) is 18.4. The maximum atomic E-state index is 12.6. The lowest BCUT2D eigenvalue weighted by Gasteiger charge is -2.08. The van der Waals surface area contributed by atoms with E-state index in [1.807, 2.05) is 18.4 Å². The van der Waals surface area contributed by atoms with Gasteiger partial charge in [-0.3, -0.25) is 4.79 Å². The van der Waals surface area contributed by atoms with Crippen molar-refractivity contribution in [2.75, 3.05) is 30.8 Å². The van der Waals surface area contributed by atoms with Crippen molar-refractivity contribution < 1.29 is 17.9 Å².